The van der Waals surface area contributed by atoms with E-state index in [1.165, 1.54) is 6.07 Å². The number of hydrogen-bond acceptors (Lipinski definition) is 3. The van der Waals surface area contributed by atoms with Crippen LogP contribution < -0.4 is 5.32 Å². The third-order valence-electron chi connectivity index (χ3n) is 2.07. The van der Waals surface area contributed by atoms with Crippen LogP contribution in [-0.4, -0.2) is 28.9 Å². The second-order valence-corrected chi connectivity index (χ2v) is 5.33. The first-order valence-corrected chi connectivity index (χ1v) is 6.22. The third-order valence-corrected chi connectivity index (χ3v) is 3.12. The zero-order valence-electron chi connectivity index (χ0n) is 9.87. The fourth-order valence-corrected chi connectivity index (χ4v) is 1.90. The van der Waals surface area contributed by atoms with Crippen LogP contribution in [0.25, 0.3) is 0 Å². The van der Waals surface area contributed by atoms with Gasteiger partial charge in [-0.3, -0.25) is 4.79 Å². The van der Waals surface area contributed by atoms with Gasteiger partial charge >= 0.3 is 0 Å². The summed E-state index contributed by atoms with van der Waals surface area (Å²) in [4.78, 5) is 12.0. The van der Waals surface area contributed by atoms with Gasteiger partial charge in [0.1, 0.15) is 5.82 Å². The number of nitrogens with one attached hydrogen (secondary N) is 1. The van der Waals surface area contributed by atoms with E-state index in [0.29, 0.717) is 4.90 Å². The molecule has 0 heterocycles. The Morgan fingerprint density at radius 2 is 2.12 bits per heavy atom. The minimum Gasteiger partial charge on any atom is -0.394 e. The second-order valence-electron chi connectivity index (χ2n) is 4.31. The van der Waals surface area contributed by atoms with Gasteiger partial charge < -0.3 is 10.4 Å². The molecule has 0 aromatic heterocycles. The van der Waals surface area contributed by atoms with E-state index in [1.807, 2.05) is 0 Å². The van der Waals surface area contributed by atoms with Gasteiger partial charge in [-0.25, -0.2) is 4.39 Å². The van der Waals surface area contributed by atoms with Crippen molar-refractivity contribution < 1.29 is 14.3 Å². The monoisotopic (exact) mass is 257 g/mol. The first-order valence-electron chi connectivity index (χ1n) is 5.24. The van der Waals surface area contributed by atoms with Gasteiger partial charge in [-0.15, -0.1) is 11.8 Å². The minimum absolute atomic E-state index is 0.129. The summed E-state index contributed by atoms with van der Waals surface area (Å²) in [5.41, 5.74) is -0.646. The van der Waals surface area contributed by atoms with Gasteiger partial charge in [-0.05, 0) is 26.0 Å². The van der Waals surface area contributed by atoms with Crippen LogP contribution in [0.4, 0.5) is 4.39 Å². The fourth-order valence-electron chi connectivity index (χ4n) is 1.16. The number of rotatable bonds is 5. The Kier molecular flexibility index (Phi) is 4.96. The van der Waals surface area contributed by atoms with E-state index in [-0.39, 0.29) is 24.1 Å². The lowest BCUT2D eigenvalue weighted by molar-refractivity contribution is -0.120. The molecule has 0 aliphatic heterocycles. The van der Waals surface area contributed by atoms with Crippen molar-refractivity contribution >= 4 is 17.7 Å². The smallest absolute Gasteiger partial charge is 0.230 e. The summed E-state index contributed by atoms with van der Waals surface area (Å²) in [5.74, 6) is -0.423. The van der Waals surface area contributed by atoms with E-state index in [4.69, 9.17) is 5.11 Å². The fraction of sp³-hybridized carbons (Fsp3) is 0.417. The Balaban J connectivity index is 2.47. The standard InChI is InChI=1S/C12H16FNO2S/c1-12(2,8-15)14-11(16)7-17-10-6-4-3-5-9(10)13/h3-6,15H,7-8H2,1-2H3,(H,14,16). The molecule has 5 heteroatoms. The summed E-state index contributed by atoms with van der Waals surface area (Å²) in [5, 5.41) is 11.7. The Bertz CT molecular complexity index is 396. The summed E-state index contributed by atoms with van der Waals surface area (Å²) >= 11 is 1.14. The molecule has 0 unspecified atom stereocenters. The normalized spacial score (nSPS) is 11.3. The van der Waals surface area contributed by atoms with Crippen LogP contribution in [0, 0.1) is 5.82 Å². The van der Waals surface area contributed by atoms with E-state index in [2.05, 4.69) is 5.32 Å². The van der Waals surface area contributed by atoms with E-state index in [9.17, 15) is 9.18 Å². The molecule has 1 rings (SSSR count). The molecule has 1 amide bonds. The average Bonchev–Trinajstić information content (AvgIpc) is 2.27. The van der Waals surface area contributed by atoms with E-state index < -0.39 is 5.54 Å². The van der Waals surface area contributed by atoms with Gasteiger partial charge in [-0.1, -0.05) is 12.1 Å². The van der Waals surface area contributed by atoms with Gasteiger partial charge in [-0.2, -0.15) is 0 Å². The number of aliphatic hydroxyl groups excluding tert-OH is 1. The van der Waals surface area contributed by atoms with Crippen LogP contribution in [-0.2, 0) is 4.79 Å². The second kappa shape index (κ2) is 6.02. The number of carbonyl (C=O) groups excluding carboxylic acids is 1. The lowest BCUT2D eigenvalue weighted by Crippen LogP contribution is -2.47. The van der Waals surface area contributed by atoms with Crippen molar-refractivity contribution in [3.8, 4) is 0 Å². The molecule has 0 bridgehead atoms. The van der Waals surface area contributed by atoms with Crippen molar-refractivity contribution in [2.24, 2.45) is 0 Å². The van der Waals surface area contributed by atoms with E-state index >= 15 is 0 Å². The molecule has 0 saturated heterocycles. The van der Waals surface area contributed by atoms with Crippen LogP contribution in [0.1, 0.15) is 13.8 Å². The van der Waals surface area contributed by atoms with Crippen molar-refractivity contribution in [3.63, 3.8) is 0 Å². The van der Waals surface area contributed by atoms with Crippen LogP contribution in [0.15, 0.2) is 29.2 Å². The maximum absolute atomic E-state index is 13.3. The van der Waals surface area contributed by atoms with Crippen LogP contribution in [0.5, 0.6) is 0 Å². The molecule has 3 nitrogen and oxygen atoms in total. The first-order chi connectivity index (χ1) is 7.94. The van der Waals surface area contributed by atoms with Gasteiger partial charge in [0.25, 0.3) is 0 Å². The van der Waals surface area contributed by atoms with Crippen LogP contribution in [0.2, 0.25) is 0 Å². The zero-order chi connectivity index (χ0) is 12.9. The van der Waals surface area contributed by atoms with E-state index in [0.717, 1.165) is 11.8 Å². The molecular weight excluding hydrogens is 241 g/mol. The lowest BCUT2D eigenvalue weighted by atomic mass is 10.1. The van der Waals surface area contributed by atoms with Gasteiger partial charge in [0.05, 0.1) is 17.9 Å². The van der Waals surface area contributed by atoms with Gasteiger partial charge in [0.2, 0.25) is 5.91 Å². The number of halogens is 1. The summed E-state index contributed by atoms with van der Waals surface area (Å²) in [6.45, 7) is 3.31. The molecule has 0 spiro atoms. The Labute approximate surface area is 104 Å². The summed E-state index contributed by atoms with van der Waals surface area (Å²) in [6, 6.07) is 6.32. The molecule has 0 saturated carbocycles. The van der Waals surface area contributed by atoms with Crippen molar-refractivity contribution in [2.45, 2.75) is 24.3 Å². The highest BCUT2D eigenvalue weighted by Crippen LogP contribution is 2.20. The molecule has 2 N–H and O–H groups in total. The highest BCUT2D eigenvalue weighted by atomic mass is 32.2. The topological polar surface area (TPSA) is 49.3 Å². The Hall–Kier alpha value is -1.07. The molecule has 0 aliphatic carbocycles. The van der Waals surface area contributed by atoms with Crippen LogP contribution in [0.3, 0.4) is 0 Å². The van der Waals surface area contributed by atoms with Crippen molar-refractivity contribution in [3.05, 3.63) is 30.1 Å². The molecule has 0 atom stereocenters. The Morgan fingerprint density at radius 1 is 1.47 bits per heavy atom. The van der Waals surface area contributed by atoms with Gasteiger partial charge in [0.15, 0.2) is 0 Å². The number of hydrogen-bond donors (Lipinski definition) is 2. The summed E-state index contributed by atoms with van der Waals surface area (Å²) in [7, 11) is 0. The average molecular weight is 257 g/mol. The predicted octanol–water partition coefficient (Wildman–Crippen LogP) is 1.80. The minimum atomic E-state index is -0.646. The first kappa shape index (κ1) is 14.0. The molecule has 94 valence electrons. The molecule has 0 fully saturated rings. The quantitative estimate of drug-likeness (QED) is 0.791. The Morgan fingerprint density at radius 3 is 2.71 bits per heavy atom. The molecule has 17 heavy (non-hydrogen) atoms. The molecule has 0 radical (unpaired) electrons. The molecule has 1 aromatic rings. The number of amides is 1. The lowest BCUT2D eigenvalue weighted by Gasteiger charge is -2.23. The molecule has 0 aliphatic rings. The van der Waals surface area contributed by atoms with Crippen LogP contribution >= 0.6 is 11.8 Å². The van der Waals surface area contributed by atoms with E-state index in [1.54, 1.807) is 32.0 Å². The summed E-state index contributed by atoms with van der Waals surface area (Å²) < 4.78 is 13.3. The van der Waals surface area contributed by atoms with Gasteiger partial charge in [0, 0.05) is 4.90 Å². The zero-order valence-corrected chi connectivity index (χ0v) is 10.7. The highest BCUT2D eigenvalue weighted by molar-refractivity contribution is 8.00. The number of benzene rings is 1. The van der Waals surface area contributed by atoms with Crippen molar-refractivity contribution in [1.82, 2.24) is 5.32 Å². The largest absolute Gasteiger partial charge is 0.394 e. The summed E-state index contributed by atoms with van der Waals surface area (Å²) in [6.07, 6.45) is 0. The number of carbonyl (C=O) groups is 1. The van der Waals surface area contributed by atoms with Crippen molar-refractivity contribution in [1.29, 1.82) is 0 Å². The SMILES string of the molecule is CC(C)(CO)NC(=O)CSc1ccccc1F. The molecule has 1 aromatic carbocycles. The maximum atomic E-state index is 13.3. The number of aliphatic hydroxyl groups is 1. The predicted molar refractivity (Wildman–Crippen MR) is 66.4 cm³/mol. The van der Waals surface area contributed by atoms with Crippen molar-refractivity contribution in [2.75, 3.05) is 12.4 Å². The molecular formula is C12H16FNO2S. The number of thioether (sulfide) groups is 1. The maximum Gasteiger partial charge on any atom is 0.230 e. The third kappa shape index (κ3) is 4.75. The highest BCUT2D eigenvalue weighted by Gasteiger charge is 2.19.